The second-order valence-electron chi connectivity index (χ2n) is 5.79. The molecule has 0 amide bonds. The van der Waals surface area contributed by atoms with Gasteiger partial charge in [-0.05, 0) is 42.0 Å². The standard InChI is InChI=1S/C17H16Cl2N4O4S/c1-28(24,25)23-12-3-5-13(6-4-12)26-10-16-21-22-17(27-16)20-9-11-2-7-14(18)15(19)8-11/h2-8,23H,9-10H2,1H3,(H,20,22). The van der Waals surface area contributed by atoms with E-state index in [1.807, 2.05) is 6.07 Å². The summed E-state index contributed by atoms with van der Waals surface area (Å²) in [6.07, 6.45) is 1.08. The van der Waals surface area contributed by atoms with Crippen LogP contribution in [0.15, 0.2) is 46.9 Å². The molecule has 1 heterocycles. The summed E-state index contributed by atoms with van der Waals surface area (Å²) in [6, 6.07) is 12.0. The van der Waals surface area contributed by atoms with Gasteiger partial charge in [0.05, 0.1) is 16.3 Å². The number of rotatable bonds is 8. The van der Waals surface area contributed by atoms with Crippen molar-refractivity contribution >= 4 is 44.9 Å². The summed E-state index contributed by atoms with van der Waals surface area (Å²) in [5.41, 5.74) is 1.36. The molecule has 3 rings (SSSR count). The molecule has 0 aliphatic rings. The van der Waals surface area contributed by atoms with Crippen molar-refractivity contribution in [3.63, 3.8) is 0 Å². The van der Waals surface area contributed by atoms with E-state index in [1.54, 1.807) is 36.4 Å². The molecule has 3 aromatic rings. The van der Waals surface area contributed by atoms with Gasteiger partial charge in [-0.2, -0.15) is 0 Å². The van der Waals surface area contributed by atoms with E-state index in [4.69, 9.17) is 32.4 Å². The Kier molecular flexibility index (Phi) is 6.28. The molecule has 0 fully saturated rings. The Hall–Kier alpha value is -2.49. The Bertz CT molecular complexity index is 1060. The summed E-state index contributed by atoms with van der Waals surface area (Å²) >= 11 is 11.9. The van der Waals surface area contributed by atoms with E-state index in [1.165, 1.54) is 0 Å². The highest BCUT2D eigenvalue weighted by Gasteiger charge is 2.08. The van der Waals surface area contributed by atoms with Crippen LogP contribution in [0.4, 0.5) is 11.7 Å². The number of anilines is 2. The molecule has 0 saturated carbocycles. The van der Waals surface area contributed by atoms with Gasteiger partial charge in [-0.15, -0.1) is 5.10 Å². The van der Waals surface area contributed by atoms with E-state index in [2.05, 4.69) is 20.2 Å². The minimum Gasteiger partial charge on any atom is -0.484 e. The van der Waals surface area contributed by atoms with Crippen LogP contribution in [0.2, 0.25) is 10.0 Å². The van der Waals surface area contributed by atoms with Gasteiger partial charge in [0.2, 0.25) is 10.0 Å². The van der Waals surface area contributed by atoms with E-state index in [-0.39, 0.29) is 18.5 Å². The second kappa shape index (κ2) is 8.68. The zero-order chi connectivity index (χ0) is 20.1. The average molecular weight is 443 g/mol. The van der Waals surface area contributed by atoms with Crippen molar-refractivity contribution in [3.05, 3.63) is 64.0 Å². The van der Waals surface area contributed by atoms with Crippen molar-refractivity contribution in [1.82, 2.24) is 10.2 Å². The van der Waals surface area contributed by atoms with Crippen molar-refractivity contribution in [3.8, 4) is 5.75 Å². The first-order valence-corrected chi connectivity index (χ1v) is 10.6. The van der Waals surface area contributed by atoms with Crippen LogP contribution in [0.3, 0.4) is 0 Å². The molecule has 1 aromatic heterocycles. The van der Waals surface area contributed by atoms with Crippen molar-refractivity contribution < 1.29 is 17.6 Å². The van der Waals surface area contributed by atoms with Gasteiger partial charge in [0.15, 0.2) is 6.61 Å². The van der Waals surface area contributed by atoms with Crippen molar-refractivity contribution in [2.24, 2.45) is 0 Å². The van der Waals surface area contributed by atoms with E-state index in [0.717, 1.165) is 11.8 Å². The number of aromatic nitrogens is 2. The maximum atomic E-state index is 11.2. The number of nitrogens with zero attached hydrogens (tertiary/aromatic N) is 2. The number of hydrogen-bond acceptors (Lipinski definition) is 7. The van der Waals surface area contributed by atoms with E-state index >= 15 is 0 Å². The SMILES string of the molecule is CS(=O)(=O)Nc1ccc(OCc2nnc(NCc3ccc(Cl)c(Cl)c3)o2)cc1. The van der Waals surface area contributed by atoms with Crippen LogP contribution in [0.25, 0.3) is 0 Å². The van der Waals surface area contributed by atoms with Crippen molar-refractivity contribution in [2.75, 3.05) is 16.3 Å². The van der Waals surface area contributed by atoms with Crippen LogP contribution in [0, 0.1) is 0 Å². The van der Waals surface area contributed by atoms with Crippen molar-refractivity contribution in [2.45, 2.75) is 13.2 Å². The molecule has 0 aliphatic heterocycles. The Morgan fingerprint density at radius 2 is 1.82 bits per heavy atom. The molecule has 11 heteroatoms. The van der Waals surface area contributed by atoms with Crippen molar-refractivity contribution in [1.29, 1.82) is 0 Å². The zero-order valence-electron chi connectivity index (χ0n) is 14.6. The van der Waals surface area contributed by atoms with Gasteiger partial charge in [0, 0.05) is 12.2 Å². The fourth-order valence-corrected chi connectivity index (χ4v) is 3.07. The van der Waals surface area contributed by atoms with Crippen LogP contribution in [-0.2, 0) is 23.2 Å². The number of nitrogens with one attached hydrogen (secondary N) is 2. The molecule has 148 valence electrons. The molecule has 0 atom stereocenters. The lowest BCUT2D eigenvalue weighted by atomic mass is 10.2. The summed E-state index contributed by atoms with van der Waals surface area (Å²) in [7, 11) is -3.32. The molecule has 0 saturated heterocycles. The predicted molar refractivity (Wildman–Crippen MR) is 107 cm³/mol. The summed E-state index contributed by atoms with van der Waals surface area (Å²) in [6.45, 7) is 0.508. The van der Waals surface area contributed by atoms with Crippen LogP contribution in [-0.4, -0.2) is 24.9 Å². The van der Waals surface area contributed by atoms with Crippen LogP contribution < -0.4 is 14.8 Å². The maximum absolute atomic E-state index is 11.2. The zero-order valence-corrected chi connectivity index (χ0v) is 17.0. The molecule has 8 nitrogen and oxygen atoms in total. The summed E-state index contributed by atoms with van der Waals surface area (Å²) in [4.78, 5) is 0. The minimum absolute atomic E-state index is 0.0697. The molecule has 0 bridgehead atoms. The number of benzene rings is 2. The first-order valence-electron chi connectivity index (χ1n) is 7.99. The third kappa shape index (κ3) is 6.01. The number of sulfonamides is 1. The van der Waals surface area contributed by atoms with Gasteiger partial charge in [-0.3, -0.25) is 4.72 Å². The molecule has 28 heavy (non-hydrogen) atoms. The lowest BCUT2D eigenvalue weighted by Crippen LogP contribution is -2.09. The second-order valence-corrected chi connectivity index (χ2v) is 8.35. The monoisotopic (exact) mass is 442 g/mol. The topological polar surface area (TPSA) is 106 Å². The first-order chi connectivity index (χ1) is 13.3. The van der Waals surface area contributed by atoms with E-state index in [9.17, 15) is 8.42 Å². The molecule has 0 spiro atoms. The maximum Gasteiger partial charge on any atom is 0.315 e. The molecule has 0 unspecified atom stereocenters. The van der Waals surface area contributed by atoms with Crippen LogP contribution >= 0.6 is 23.2 Å². The Labute approximate surface area is 171 Å². The number of halogens is 2. The number of hydrogen-bond donors (Lipinski definition) is 2. The highest BCUT2D eigenvalue weighted by atomic mass is 35.5. The normalized spacial score (nSPS) is 11.2. The first kappa shape index (κ1) is 20.2. The molecule has 0 aliphatic carbocycles. The molecular weight excluding hydrogens is 427 g/mol. The Morgan fingerprint density at radius 3 is 2.50 bits per heavy atom. The van der Waals surface area contributed by atoms with E-state index < -0.39 is 10.0 Å². The predicted octanol–water partition coefficient (Wildman–Crippen LogP) is 3.94. The van der Waals surface area contributed by atoms with E-state index in [0.29, 0.717) is 28.0 Å². The van der Waals surface area contributed by atoms with Gasteiger partial charge in [-0.1, -0.05) is 34.4 Å². The summed E-state index contributed by atoms with van der Waals surface area (Å²) in [5.74, 6) is 0.817. The van der Waals surface area contributed by atoms with Gasteiger partial charge in [0.1, 0.15) is 5.75 Å². The average Bonchev–Trinajstić information content (AvgIpc) is 3.09. The quantitative estimate of drug-likeness (QED) is 0.543. The van der Waals surface area contributed by atoms with Gasteiger partial charge in [0.25, 0.3) is 5.89 Å². The third-order valence-electron chi connectivity index (χ3n) is 3.41. The molecule has 0 radical (unpaired) electrons. The minimum atomic E-state index is -3.32. The third-order valence-corrected chi connectivity index (χ3v) is 4.76. The number of ether oxygens (including phenoxy) is 1. The fourth-order valence-electron chi connectivity index (χ4n) is 2.19. The lowest BCUT2D eigenvalue weighted by Gasteiger charge is -2.06. The van der Waals surface area contributed by atoms with Gasteiger partial charge >= 0.3 is 6.01 Å². The van der Waals surface area contributed by atoms with Gasteiger partial charge < -0.3 is 14.5 Å². The molecule has 2 N–H and O–H groups in total. The largest absolute Gasteiger partial charge is 0.484 e. The summed E-state index contributed by atoms with van der Waals surface area (Å²) < 4.78 is 35.8. The van der Waals surface area contributed by atoms with Crippen LogP contribution in [0.1, 0.15) is 11.5 Å². The molecular formula is C17H16Cl2N4O4S. The Morgan fingerprint density at radius 1 is 1.07 bits per heavy atom. The smallest absolute Gasteiger partial charge is 0.315 e. The van der Waals surface area contributed by atoms with Crippen LogP contribution in [0.5, 0.6) is 5.75 Å². The highest BCUT2D eigenvalue weighted by molar-refractivity contribution is 7.92. The Balaban J connectivity index is 1.51. The fraction of sp³-hybridized carbons (Fsp3) is 0.176. The molecule has 2 aromatic carbocycles. The highest BCUT2D eigenvalue weighted by Crippen LogP contribution is 2.23. The van der Waals surface area contributed by atoms with Gasteiger partial charge in [-0.25, -0.2) is 8.42 Å². The lowest BCUT2D eigenvalue weighted by molar-refractivity contribution is 0.264. The summed E-state index contributed by atoms with van der Waals surface area (Å²) in [5, 5.41) is 11.7.